The fourth-order valence-corrected chi connectivity index (χ4v) is 10.4. The number of rotatable bonds is 4. The predicted molar refractivity (Wildman–Crippen MR) is 90.7 cm³/mol. The summed E-state index contributed by atoms with van der Waals surface area (Å²) in [7, 11) is -1.25. The van der Waals surface area contributed by atoms with Crippen LogP contribution >= 0.6 is 7.92 Å². The first kappa shape index (κ1) is 16.4. The molecule has 4 atom stereocenters. The van der Waals surface area contributed by atoms with Gasteiger partial charge in [0.15, 0.2) is 11.6 Å². The molecule has 5 heteroatoms. The first-order valence-corrected chi connectivity index (χ1v) is 13.5. The molecule has 21 heavy (non-hydrogen) atoms. The maximum absolute atomic E-state index is 6.46. The molecule has 0 aromatic heterocycles. The summed E-state index contributed by atoms with van der Waals surface area (Å²) < 4.78 is 19.0. The molecule has 0 N–H and O–H groups in total. The van der Waals surface area contributed by atoms with Crippen molar-refractivity contribution >= 4 is 16.0 Å². The molecule has 0 unspecified atom stereocenters. The van der Waals surface area contributed by atoms with Gasteiger partial charge in [-0.3, -0.25) is 0 Å². The predicted octanol–water partition coefficient (Wildman–Crippen LogP) is 4.93. The Morgan fingerprint density at radius 1 is 0.857 bits per heavy atom. The first-order chi connectivity index (χ1) is 9.37. The van der Waals surface area contributed by atoms with Crippen molar-refractivity contribution in [2.75, 3.05) is 6.16 Å². The van der Waals surface area contributed by atoms with E-state index in [9.17, 15) is 0 Å². The molecule has 4 fully saturated rings. The van der Waals surface area contributed by atoms with E-state index in [1.807, 2.05) is 0 Å². The maximum atomic E-state index is 6.46. The Bertz CT molecular complexity index is 403. The molecule has 4 aliphatic heterocycles. The van der Waals surface area contributed by atoms with Crippen molar-refractivity contribution in [2.45, 2.75) is 94.9 Å². The minimum atomic E-state index is -0.957. The molecule has 3 nitrogen and oxygen atoms in total. The molecule has 4 aliphatic rings. The summed E-state index contributed by atoms with van der Waals surface area (Å²) in [6.45, 7) is 16.2. The Kier molecular flexibility index (Phi) is 3.54. The molecule has 0 aromatic rings. The summed E-state index contributed by atoms with van der Waals surface area (Å²) in [5, 5.41) is -0.0798. The summed E-state index contributed by atoms with van der Waals surface area (Å²) in [6.07, 6.45) is 4.36. The molecule has 0 radical (unpaired) electrons. The zero-order chi connectivity index (χ0) is 15.7. The molecule has 4 saturated heterocycles. The fraction of sp³-hybridized carbons (Fsp3) is 1.00. The Labute approximate surface area is 131 Å². The van der Waals surface area contributed by atoms with Crippen molar-refractivity contribution in [2.24, 2.45) is 0 Å². The highest BCUT2D eigenvalue weighted by atomic mass is 31.1. The van der Waals surface area contributed by atoms with Gasteiger partial charge in [0.05, 0.1) is 10.7 Å². The van der Waals surface area contributed by atoms with Crippen LogP contribution in [0.2, 0.25) is 25.7 Å². The Hall–Kier alpha value is 0.527. The Balaban J connectivity index is 1.80. The van der Waals surface area contributed by atoms with Crippen LogP contribution in [0.3, 0.4) is 0 Å². The van der Waals surface area contributed by atoms with Gasteiger partial charge in [-0.15, -0.1) is 0 Å². The van der Waals surface area contributed by atoms with E-state index in [0.717, 1.165) is 12.8 Å². The van der Waals surface area contributed by atoms with Crippen molar-refractivity contribution in [3.05, 3.63) is 0 Å². The molecule has 0 saturated carbocycles. The Morgan fingerprint density at radius 2 is 1.33 bits per heavy atom. The molecule has 0 aromatic carbocycles. The zero-order valence-corrected chi connectivity index (χ0v) is 16.6. The largest absolute Gasteiger partial charge is 0.339 e. The van der Waals surface area contributed by atoms with Crippen molar-refractivity contribution in [1.82, 2.24) is 0 Å². The van der Waals surface area contributed by atoms with E-state index in [1.165, 1.54) is 18.6 Å². The maximum Gasteiger partial charge on any atom is 0.173 e. The SMILES string of the molecule is C[C@@]12C[C@]3(C)O[C@@](C)(C[C@](C)(O1)P3CCC[Si](C)(C)C)O2. The lowest BCUT2D eigenvalue weighted by molar-refractivity contribution is -0.468. The molecule has 0 amide bonds. The van der Waals surface area contributed by atoms with Gasteiger partial charge in [-0.05, 0) is 41.8 Å². The van der Waals surface area contributed by atoms with Gasteiger partial charge in [0.25, 0.3) is 0 Å². The summed E-state index contributed by atoms with van der Waals surface area (Å²) in [4.78, 5) is 0. The highest BCUT2D eigenvalue weighted by Gasteiger charge is 2.70. The number of hydrogen-bond donors (Lipinski definition) is 0. The fourth-order valence-electron chi connectivity index (χ4n) is 4.88. The van der Waals surface area contributed by atoms with E-state index in [4.69, 9.17) is 14.2 Å². The topological polar surface area (TPSA) is 27.7 Å². The number of ether oxygens (including phenoxy) is 3. The second-order valence-electron chi connectivity index (χ2n) is 9.09. The molecule has 4 rings (SSSR count). The van der Waals surface area contributed by atoms with Crippen LogP contribution in [0.15, 0.2) is 0 Å². The second kappa shape index (κ2) is 4.54. The highest BCUT2D eigenvalue weighted by molar-refractivity contribution is 7.60. The third-order valence-corrected chi connectivity index (χ3v) is 10.5. The van der Waals surface area contributed by atoms with Gasteiger partial charge in [0.1, 0.15) is 0 Å². The third-order valence-electron chi connectivity index (χ3n) is 5.05. The first-order valence-electron chi connectivity index (χ1n) is 8.26. The molecule has 122 valence electrons. The van der Waals surface area contributed by atoms with Crippen LogP contribution in [0.4, 0.5) is 0 Å². The van der Waals surface area contributed by atoms with E-state index >= 15 is 0 Å². The van der Waals surface area contributed by atoms with Gasteiger partial charge in [0, 0.05) is 20.9 Å². The van der Waals surface area contributed by atoms with Gasteiger partial charge < -0.3 is 14.2 Å². The van der Waals surface area contributed by atoms with E-state index in [0.29, 0.717) is 0 Å². The van der Waals surface area contributed by atoms with Gasteiger partial charge in [-0.25, -0.2) is 0 Å². The van der Waals surface area contributed by atoms with E-state index in [2.05, 4.69) is 47.3 Å². The van der Waals surface area contributed by atoms with Gasteiger partial charge in [0.2, 0.25) is 0 Å². The van der Waals surface area contributed by atoms with Crippen molar-refractivity contribution < 1.29 is 14.2 Å². The smallest absolute Gasteiger partial charge is 0.173 e. The number of hydrogen-bond acceptors (Lipinski definition) is 3. The minimum Gasteiger partial charge on any atom is -0.339 e. The summed E-state index contributed by atoms with van der Waals surface area (Å²) in [5.41, 5.74) is 0. The molecular formula is C16H31O3PSi. The van der Waals surface area contributed by atoms with E-state index in [1.54, 1.807) is 0 Å². The van der Waals surface area contributed by atoms with Crippen LogP contribution in [0.5, 0.6) is 0 Å². The average Bonchev–Trinajstić information content (AvgIpc) is 2.14. The minimum absolute atomic E-state index is 0.0399. The average molecular weight is 330 g/mol. The third kappa shape index (κ3) is 2.87. The van der Waals surface area contributed by atoms with Gasteiger partial charge in [-0.1, -0.05) is 32.1 Å². The molecule has 0 aliphatic carbocycles. The zero-order valence-electron chi connectivity index (χ0n) is 14.7. The summed E-state index contributed by atoms with van der Waals surface area (Å²) in [5.74, 6) is -0.904. The molecule has 4 bridgehead atoms. The lowest BCUT2D eigenvalue weighted by Gasteiger charge is -2.70. The van der Waals surface area contributed by atoms with E-state index < -0.39 is 19.6 Å². The van der Waals surface area contributed by atoms with Gasteiger partial charge in [-0.2, -0.15) is 0 Å². The quantitative estimate of drug-likeness (QED) is 0.540. The van der Waals surface area contributed by atoms with Crippen LogP contribution < -0.4 is 0 Å². The Morgan fingerprint density at radius 3 is 1.76 bits per heavy atom. The van der Waals surface area contributed by atoms with Crippen LogP contribution in [-0.2, 0) is 14.2 Å². The van der Waals surface area contributed by atoms with Crippen LogP contribution in [0, 0.1) is 0 Å². The molecule has 4 heterocycles. The van der Waals surface area contributed by atoms with Crippen LogP contribution in [0.25, 0.3) is 0 Å². The monoisotopic (exact) mass is 330 g/mol. The molecule has 0 spiro atoms. The van der Waals surface area contributed by atoms with E-state index in [-0.39, 0.29) is 18.6 Å². The highest BCUT2D eigenvalue weighted by Crippen LogP contribution is 2.76. The molecular weight excluding hydrogens is 299 g/mol. The van der Waals surface area contributed by atoms with Crippen molar-refractivity contribution in [3.8, 4) is 0 Å². The lowest BCUT2D eigenvalue weighted by atomic mass is 9.98. The standard InChI is InChI=1S/C16H31O3PSi/c1-13-11-15(3)19-14(2,17-13)12-16(4,18-13)20(15)9-8-10-21(5,6)7/h8-12H2,1-7H3/t13-,14-,15+,16+/m0/s1. The second-order valence-corrected chi connectivity index (χ2v) is 17.9. The van der Waals surface area contributed by atoms with Gasteiger partial charge >= 0.3 is 0 Å². The van der Waals surface area contributed by atoms with Crippen LogP contribution in [-0.4, -0.2) is 36.5 Å². The summed E-state index contributed by atoms with van der Waals surface area (Å²) in [6, 6.07) is 1.41. The van der Waals surface area contributed by atoms with Crippen molar-refractivity contribution in [1.29, 1.82) is 0 Å². The summed E-state index contributed by atoms with van der Waals surface area (Å²) >= 11 is 0. The lowest BCUT2D eigenvalue weighted by Crippen LogP contribution is -2.71. The van der Waals surface area contributed by atoms with Crippen molar-refractivity contribution in [3.63, 3.8) is 0 Å². The van der Waals surface area contributed by atoms with Crippen LogP contribution in [0.1, 0.15) is 47.0 Å². The normalized spacial score (nSPS) is 52.4.